The minimum Gasteiger partial charge on any atom is -0.457 e. The Morgan fingerprint density at radius 3 is 2.55 bits per heavy atom. The molecule has 0 saturated heterocycles. The first-order chi connectivity index (χ1) is 15.1. The number of nitrogens with one attached hydrogen (secondary N) is 1. The summed E-state index contributed by atoms with van der Waals surface area (Å²) in [5, 5.41) is 2.88. The Morgan fingerprint density at radius 2 is 1.84 bits per heavy atom. The Bertz CT molecular complexity index is 1000. The number of nitrogens with zero attached hydrogens (tertiary/aromatic N) is 1. The minimum absolute atomic E-state index is 0.192. The van der Waals surface area contributed by atoms with Gasteiger partial charge in [-0.3, -0.25) is 4.79 Å². The topological polar surface area (TPSA) is 86.5 Å². The first-order valence-corrected chi connectivity index (χ1v) is 10.5. The summed E-state index contributed by atoms with van der Waals surface area (Å²) in [5.41, 5.74) is 9.12. The molecule has 1 heterocycles. The van der Waals surface area contributed by atoms with Gasteiger partial charge in [-0.15, -0.1) is 0 Å². The lowest BCUT2D eigenvalue weighted by atomic mass is 10.1. The third-order valence-electron chi connectivity index (χ3n) is 4.90. The van der Waals surface area contributed by atoms with E-state index in [1.807, 2.05) is 42.5 Å². The van der Waals surface area contributed by atoms with Gasteiger partial charge in [0.25, 0.3) is 5.91 Å². The Hall–Kier alpha value is -3.38. The number of nitrogens with two attached hydrogens (primary N) is 1. The Kier molecular flexibility index (Phi) is 8.01. The van der Waals surface area contributed by atoms with Gasteiger partial charge in [0, 0.05) is 13.7 Å². The van der Waals surface area contributed by atoms with Gasteiger partial charge in [0.15, 0.2) is 0 Å². The molecular formula is C25H29N3O3. The number of aromatic nitrogens is 1. The molecule has 0 radical (unpaired) electrons. The fraction of sp³-hybridized carbons (Fsp3) is 0.280. The quantitative estimate of drug-likeness (QED) is 0.489. The first kappa shape index (κ1) is 22.3. The average Bonchev–Trinajstić information content (AvgIpc) is 2.78. The van der Waals surface area contributed by atoms with E-state index in [1.165, 1.54) is 5.56 Å². The van der Waals surface area contributed by atoms with E-state index >= 15 is 0 Å². The van der Waals surface area contributed by atoms with E-state index in [4.69, 9.17) is 15.2 Å². The lowest BCUT2D eigenvalue weighted by molar-refractivity contribution is 0.0951. The van der Waals surface area contributed by atoms with Crippen LogP contribution in [-0.4, -0.2) is 18.0 Å². The van der Waals surface area contributed by atoms with E-state index in [-0.39, 0.29) is 11.7 Å². The number of carbonyl (C=O) groups excluding carboxylic acids is 1. The second kappa shape index (κ2) is 11.1. The summed E-state index contributed by atoms with van der Waals surface area (Å²) in [6.45, 7) is 2.91. The zero-order chi connectivity index (χ0) is 22.1. The molecule has 0 bridgehead atoms. The van der Waals surface area contributed by atoms with Gasteiger partial charge in [-0.25, -0.2) is 4.98 Å². The third-order valence-corrected chi connectivity index (χ3v) is 4.90. The maximum atomic E-state index is 12.5. The number of unbranched alkanes of at least 4 members (excludes halogenated alkanes) is 1. The second-order valence-electron chi connectivity index (χ2n) is 7.31. The highest BCUT2D eigenvalue weighted by Gasteiger charge is 2.11. The standard InChI is InChI=1S/C25H29N3O3/c1-3-4-7-19-8-5-6-9-23(19)31-21-13-10-18(11-14-21)16-27-25(29)22-15-12-20(17-30-2)28-24(22)26/h5-6,8-15H,3-4,7,16-17H2,1-2H3,(H2,26,28)(H,27,29). The van der Waals surface area contributed by atoms with Crippen LogP contribution < -0.4 is 15.8 Å². The van der Waals surface area contributed by atoms with Gasteiger partial charge >= 0.3 is 0 Å². The summed E-state index contributed by atoms with van der Waals surface area (Å²) in [7, 11) is 1.58. The van der Waals surface area contributed by atoms with Gasteiger partial charge in [-0.2, -0.15) is 0 Å². The summed E-state index contributed by atoms with van der Waals surface area (Å²) in [5.74, 6) is 1.58. The van der Waals surface area contributed by atoms with E-state index in [0.29, 0.717) is 24.4 Å². The number of amides is 1. The van der Waals surface area contributed by atoms with Crippen molar-refractivity contribution < 1.29 is 14.3 Å². The van der Waals surface area contributed by atoms with E-state index < -0.39 is 0 Å². The number of hydrogen-bond acceptors (Lipinski definition) is 5. The molecule has 0 aliphatic heterocycles. The Labute approximate surface area is 183 Å². The maximum absolute atomic E-state index is 12.5. The lowest BCUT2D eigenvalue weighted by Gasteiger charge is -2.12. The van der Waals surface area contributed by atoms with Crippen molar-refractivity contribution in [3.63, 3.8) is 0 Å². The van der Waals surface area contributed by atoms with E-state index in [0.717, 1.165) is 36.3 Å². The van der Waals surface area contributed by atoms with Crippen molar-refractivity contribution >= 4 is 11.7 Å². The van der Waals surface area contributed by atoms with E-state index in [1.54, 1.807) is 19.2 Å². The van der Waals surface area contributed by atoms with Crippen LogP contribution in [-0.2, 0) is 24.3 Å². The van der Waals surface area contributed by atoms with Crippen LogP contribution in [0, 0.1) is 0 Å². The molecule has 31 heavy (non-hydrogen) atoms. The van der Waals surface area contributed by atoms with Gasteiger partial charge in [0.05, 0.1) is 17.9 Å². The summed E-state index contributed by atoms with van der Waals surface area (Å²) in [6.07, 6.45) is 3.28. The number of carbonyl (C=O) groups is 1. The third kappa shape index (κ3) is 6.30. The Morgan fingerprint density at radius 1 is 1.06 bits per heavy atom. The number of nitrogen functional groups attached to an aromatic ring is 1. The molecule has 3 aromatic rings. The number of anilines is 1. The summed E-state index contributed by atoms with van der Waals surface area (Å²) in [6, 6.07) is 19.2. The number of aryl methyl sites for hydroxylation is 1. The molecule has 162 valence electrons. The van der Waals surface area contributed by atoms with Crippen LogP contribution in [0.5, 0.6) is 11.5 Å². The zero-order valence-corrected chi connectivity index (χ0v) is 18.1. The number of benzene rings is 2. The van der Waals surface area contributed by atoms with Crippen molar-refractivity contribution in [3.05, 3.63) is 83.0 Å². The van der Waals surface area contributed by atoms with Crippen LogP contribution in [0.15, 0.2) is 60.7 Å². The summed E-state index contributed by atoms with van der Waals surface area (Å²) >= 11 is 0. The predicted molar refractivity (Wildman–Crippen MR) is 122 cm³/mol. The summed E-state index contributed by atoms with van der Waals surface area (Å²) in [4.78, 5) is 16.6. The molecule has 6 heteroatoms. The van der Waals surface area contributed by atoms with Crippen LogP contribution >= 0.6 is 0 Å². The van der Waals surface area contributed by atoms with Crippen molar-refractivity contribution in [3.8, 4) is 11.5 Å². The van der Waals surface area contributed by atoms with Gasteiger partial charge in [-0.05, 0) is 54.3 Å². The van der Waals surface area contributed by atoms with E-state index in [2.05, 4.69) is 23.3 Å². The fourth-order valence-electron chi connectivity index (χ4n) is 3.19. The fourth-order valence-corrected chi connectivity index (χ4v) is 3.19. The molecule has 0 unspecified atom stereocenters. The van der Waals surface area contributed by atoms with Crippen molar-refractivity contribution in [2.75, 3.05) is 12.8 Å². The molecule has 1 amide bonds. The molecular weight excluding hydrogens is 390 g/mol. The number of ether oxygens (including phenoxy) is 2. The average molecular weight is 420 g/mol. The van der Waals surface area contributed by atoms with Crippen LogP contribution in [0.1, 0.15) is 46.9 Å². The van der Waals surface area contributed by atoms with E-state index in [9.17, 15) is 4.79 Å². The van der Waals surface area contributed by atoms with Gasteiger partial charge in [-0.1, -0.05) is 43.7 Å². The smallest absolute Gasteiger partial charge is 0.255 e. The first-order valence-electron chi connectivity index (χ1n) is 10.5. The highest BCUT2D eigenvalue weighted by Crippen LogP contribution is 2.26. The number of rotatable bonds is 10. The van der Waals surface area contributed by atoms with Crippen LogP contribution in [0.3, 0.4) is 0 Å². The normalized spacial score (nSPS) is 10.6. The van der Waals surface area contributed by atoms with Crippen molar-refractivity contribution in [2.45, 2.75) is 39.3 Å². The molecule has 0 fully saturated rings. The number of methoxy groups -OCH3 is 1. The molecule has 0 spiro atoms. The second-order valence-corrected chi connectivity index (χ2v) is 7.31. The van der Waals surface area contributed by atoms with Crippen molar-refractivity contribution in [1.82, 2.24) is 10.3 Å². The zero-order valence-electron chi connectivity index (χ0n) is 18.1. The highest BCUT2D eigenvalue weighted by molar-refractivity contribution is 5.98. The van der Waals surface area contributed by atoms with Crippen molar-refractivity contribution in [1.29, 1.82) is 0 Å². The number of hydrogen-bond donors (Lipinski definition) is 2. The van der Waals surface area contributed by atoms with Crippen LogP contribution in [0.4, 0.5) is 5.82 Å². The molecule has 1 aromatic heterocycles. The number of pyridine rings is 1. The van der Waals surface area contributed by atoms with Gasteiger partial charge in [0.2, 0.25) is 0 Å². The predicted octanol–water partition coefficient (Wildman–Crippen LogP) is 4.88. The minimum atomic E-state index is -0.265. The molecule has 3 rings (SSSR count). The molecule has 0 saturated carbocycles. The number of para-hydroxylation sites is 1. The monoisotopic (exact) mass is 419 g/mol. The Balaban J connectivity index is 1.58. The molecule has 6 nitrogen and oxygen atoms in total. The molecule has 0 aliphatic rings. The largest absolute Gasteiger partial charge is 0.457 e. The van der Waals surface area contributed by atoms with Crippen LogP contribution in [0.2, 0.25) is 0 Å². The lowest BCUT2D eigenvalue weighted by Crippen LogP contribution is -2.24. The molecule has 0 atom stereocenters. The molecule has 2 aromatic carbocycles. The highest BCUT2D eigenvalue weighted by atomic mass is 16.5. The van der Waals surface area contributed by atoms with Gasteiger partial charge in [0.1, 0.15) is 17.3 Å². The van der Waals surface area contributed by atoms with Crippen molar-refractivity contribution in [2.24, 2.45) is 0 Å². The molecule has 3 N–H and O–H groups in total. The molecule has 0 aliphatic carbocycles. The van der Waals surface area contributed by atoms with Gasteiger partial charge < -0.3 is 20.5 Å². The van der Waals surface area contributed by atoms with Crippen LogP contribution in [0.25, 0.3) is 0 Å². The maximum Gasteiger partial charge on any atom is 0.255 e. The summed E-state index contributed by atoms with van der Waals surface area (Å²) < 4.78 is 11.1. The SMILES string of the molecule is CCCCc1ccccc1Oc1ccc(CNC(=O)c2ccc(COC)nc2N)cc1.